The number of unbranched alkanes of at least 4 members (excludes halogenated alkanes) is 1. The zero-order chi connectivity index (χ0) is 21.2. The number of esters is 1. The summed E-state index contributed by atoms with van der Waals surface area (Å²) in [5.74, 6) is 2.44. The normalized spacial score (nSPS) is 10.5. The molecule has 0 radical (unpaired) electrons. The summed E-state index contributed by atoms with van der Waals surface area (Å²) in [5, 5.41) is 1.10. The number of ether oxygens (including phenoxy) is 4. The zero-order valence-electron chi connectivity index (χ0n) is 16.6. The molecular weight excluding hydrogens is 435 g/mol. The molecule has 2 rings (SSSR count). The lowest BCUT2D eigenvalue weighted by Crippen LogP contribution is -2.13. The van der Waals surface area contributed by atoms with E-state index in [-0.39, 0.29) is 6.61 Å². The summed E-state index contributed by atoms with van der Waals surface area (Å²) in [6.07, 6.45) is 1.87. The van der Waals surface area contributed by atoms with Gasteiger partial charge in [-0.1, -0.05) is 23.2 Å². The Bertz CT molecular complexity index is 829. The first-order valence-electron chi connectivity index (χ1n) is 9.03. The highest BCUT2D eigenvalue weighted by molar-refractivity contribution is 7.99. The summed E-state index contributed by atoms with van der Waals surface area (Å²) in [4.78, 5) is 12.3. The Kier molecular flexibility index (Phi) is 9.78. The van der Waals surface area contributed by atoms with Gasteiger partial charge in [-0.05, 0) is 55.3 Å². The number of benzene rings is 2. The van der Waals surface area contributed by atoms with Gasteiger partial charge >= 0.3 is 5.97 Å². The maximum absolute atomic E-state index is 11.3. The van der Waals surface area contributed by atoms with Crippen molar-refractivity contribution in [3.05, 3.63) is 45.9 Å². The van der Waals surface area contributed by atoms with E-state index in [1.807, 2.05) is 13.0 Å². The predicted octanol–water partition coefficient (Wildman–Crippen LogP) is 5.81. The van der Waals surface area contributed by atoms with E-state index in [9.17, 15) is 4.79 Å². The van der Waals surface area contributed by atoms with E-state index in [2.05, 4.69) is 4.74 Å². The number of halogens is 2. The predicted molar refractivity (Wildman–Crippen MR) is 117 cm³/mol. The largest absolute Gasteiger partial charge is 0.495 e. The monoisotopic (exact) mass is 458 g/mol. The first-order chi connectivity index (χ1) is 13.9. The number of thioether (sulfide) groups is 1. The van der Waals surface area contributed by atoms with Gasteiger partial charge < -0.3 is 18.9 Å². The lowest BCUT2D eigenvalue weighted by atomic mass is 10.2. The van der Waals surface area contributed by atoms with Crippen LogP contribution in [-0.2, 0) is 9.53 Å². The second-order valence-corrected chi connectivity index (χ2v) is 8.09. The third-order valence-corrected chi connectivity index (χ3v) is 5.64. The van der Waals surface area contributed by atoms with Gasteiger partial charge in [0.05, 0.1) is 25.8 Å². The van der Waals surface area contributed by atoms with Crippen molar-refractivity contribution < 1.29 is 23.7 Å². The van der Waals surface area contributed by atoms with Crippen LogP contribution in [0, 0.1) is 6.92 Å². The van der Waals surface area contributed by atoms with Gasteiger partial charge in [-0.2, -0.15) is 0 Å². The SMILES string of the molecule is COC(=O)COc1cc(OC)c(SCCCCOc2ccc(Cl)cc2Cl)cc1C. The highest BCUT2D eigenvalue weighted by Crippen LogP contribution is 2.36. The molecule has 0 aromatic heterocycles. The molecule has 0 aliphatic heterocycles. The number of hydrogen-bond acceptors (Lipinski definition) is 6. The highest BCUT2D eigenvalue weighted by Gasteiger charge is 2.11. The number of carbonyl (C=O) groups excluding carboxylic acids is 1. The highest BCUT2D eigenvalue weighted by atomic mass is 35.5. The molecule has 5 nitrogen and oxygen atoms in total. The minimum Gasteiger partial charge on any atom is -0.495 e. The van der Waals surface area contributed by atoms with Gasteiger partial charge in [0.15, 0.2) is 6.61 Å². The standard InChI is InChI=1S/C21H24Cl2O5S/c1-14-10-20(19(25-2)12-18(14)28-13-21(24)26-3)29-9-5-4-8-27-17-7-6-15(22)11-16(17)23/h6-7,10-12H,4-5,8-9,13H2,1-3H3. The van der Waals surface area contributed by atoms with Crippen molar-refractivity contribution in [2.75, 3.05) is 33.2 Å². The van der Waals surface area contributed by atoms with Crippen LogP contribution < -0.4 is 14.2 Å². The van der Waals surface area contributed by atoms with E-state index in [1.54, 1.807) is 43.1 Å². The van der Waals surface area contributed by atoms with Gasteiger partial charge in [0.1, 0.15) is 17.2 Å². The molecule has 0 heterocycles. The van der Waals surface area contributed by atoms with E-state index in [0.29, 0.717) is 33.9 Å². The number of aryl methyl sites for hydroxylation is 1. The minimum absolute atomic E-state index is 0.134. The van der Waals surface area contributed by atoms with Crippen molar-refractivity contribution in [3.8, 4) is 17.2 Å². The van der Waals surface area contributed by atoms with Crippen molar-refractivity contribution in [3.63, 3.8) is 0 Å². The van der Waals surface area contributed by atoms with Crippen LogP contribution in [0.4, 0.5) is 0 Å². The Morgan fingerprint density at radius 1 is 1.00 bits per heavy atom. The lowest BCUT2D eigenvalue weighted by molar-refractivity contribution is -0.142. The van der Waals surface area contributed by atoms with Crippen LogP contribution in [0.5, 0.6) is 17.2 Å². The molecule has 0 amide bonds. The number of carbonyl (C=O) groups is 1. The van der Waals surface area contributed by atoms with E-state index in [4.69, 9.17) is 37.4 Å². The van der Waals surface area contributed by atoms with Crippen molar-refractivity contribution in [2.24, 2.45) is 0 Å². The summed E-state index contributed by atoms with van der Waals surface area (Å²) >= 11 is 13.7. The molecular formula is C21H24Cl2O5S. The van der Waals surface area contributed by atoms with E-state index < -0.39 is 5.97 Å². The second-order valence-electron chi connectivity index (χ2n) is 6.11. The van der Waals surface area contributed by atoms with Gasteiger partial charge in [0.2, 0.25) is 0 Å². The van der Waals surface area contributed by atoms with E-state index >= 15 is 0 Å². The summed E-state index contributed by atoms with van der Waals surface area (Å²) in [5.41, 5.74) is 0.929. The lowest BCUT2D eigenvalue weighted by Gasteiger charge is -2.14. The van der Waals surface area contributed by atoms with Gasteiger partial charge in [0, 0.05) is 16.0 Å². The fraction of sp³-hybridized carbons (Fsp3) is 0.381. The van der Waals surface area contributed by atoms with Crippen LogP contribution in [-0.4, -0.2) is 39.2 Å². The molecule has 2 aromatic rings. The topological polar surface area (TPSA) is 54.0 Å². The second kappa shape index (κ2) is 12.1. The van der Waals surface area contributed by atoms with E-state index in [0.717, 1.165) is 29.1 Å². The van der Waals surface area contributed by atoms with Crippen molar-refractivity contribution >= 4 is 40.9 Å². The summed E-state index contributed by atoms with van der Waals surface area (Å²) in [6, 6.07) is 9.00. The number of rotatable bonds is 11. The van der Waals surface area contributed by atoms with Crippen LogP contribution in [0.25, 0.3) is 0 Å². The Morgan fingerprint density at radius 2 is 1.79 bits per heavy atom. The molecule has 0 bridgehead atoms. The van der Waals surface area contributed by atoms with Crippen molar-refractivity contribution in [1.29, 1.82) is 0 Å². The average Bonchev–Trinajstić information content (AvgIpc) is 2.70. The fourth-order valence-electron chi connectivity index (χ4n) is 2.43. The summed E-state index contributed by atoms with van der Waals surface area (Å²) in [6.45, 7) is 2.38. The third-order valence-electron chi connectivity index (χ3n) is 3.98. The van der Waals surface area contributed by atoms with E-state index in [1.165, 1.54) is 7.11 Å². The molecule has 0 saturated carbocycles. The molecule has 29 heavy (non-hydrogen) atoms. The van der Waals surface area contributed by atoms with Crippen molar-refractivity contribution in [2.45, 2.75) is 24.7 Å². The van der Waals surface area contributed by atoms with Gasteiger partial charge in [0.25, 0.3) is 0 Å². The van der Waals surface area contributed by atoms with Gasteiger partial charge in [-0.25, -0.2) is 4.79 Å². The molecule has 0 spiro atoms. The summed E-state index contributed by atoms with van der Waals surface area (Å²) < 4.78 is 21.3. The van der Waals surface area contributed by atoms with Crippen LogP contribution in [0.3, 0.4) is 0 Å². The molecule has 0 atom stereocenters. The molecule has 8 heteroatoms. The quantitative estimate of drug-likeness (QED) is 0.240. The first kappa shape index (κ1) is 23.5. The maximum atomic E-state index is 11.3. The molecule has 158 valence electrons. The molecule has 0 N–H and O–H groups in total. The van der Waals surface area contributed by atoms with Crippen LogP contribution in [0.15, 0.2) is 35.2 Å². The molecule has 0 aliphatic carbocycles. The fourth-order valence-corrected chi connectivity index (χ4v) is 4.00. The first-order valence-corrected chi connectivity index (χ1v) is 10.8. The Balaban J connectivity index is 1.80. The third kappa shape index (κ3) is 7.53. The van der Waals surface area contributed by atoms with Crippen LogP contribution >= 0.6 is 35.0 Å². The molecule has 0 aliphatic rings. The number of methoxy groups -OCH3 is 2. The van der Waals surface area contributed by atoms with Crippen LogP contribution in [0.1, 0.15) is 18.4 Å². The average molecular weight is 459 g/mol. The summed E-state index contributed by atoms with van der Waals surface area (Å²) in [7, 11) is 2.94. The molecule has 0 saturated heterocycles. The molecule has 0 unspecified atom stereocenters. The van der Waals surface area contributed by atoms with Crippen LogP contribution in [0.2, 0.25) is 10.0 Å². The Labute approximate surface area is 185 Å². The minimum atomic E-state index is -0.427. The maximum Gasteiger partial charge on any atom is 0.343 e. The van der Waals surface area contributed by atoms with Gasteiger partial charge in [-0.15, -0.1) is 11.8 Å². The zero-order valence-corrected chi connectivity index (χ0v) is 19.0. The Morgan fingerprint density at radius 3 is 2.48 bits per heavy atom. The molecule has 0 fully saturated rings. The van der Waals surface area contributed by atoms with Gasteiger partial charge in [-0.3, -0.25) is 0 Å². The number of hydrogen-bond donors (Lipinski definition) is 0. The van der Waals surface area contributed by atoms with Crippen molar-refractivity contribution in [1.82, 2.24) is 0 Å². The molecule has 2 aromatic carbocycles. The smallest absolute Gasteiger partial charge is 0.343 e. The Hall–Kier alpha value is -1.76.